The van der Waals surface area contributed by atoms with Gasteiger partial charge in [0.05, 0.1) is 4.90 Å². The monoisotopic (exact) mass is 356 g/mol. The number of rotatable bonds is 4. The number of hydrogen-bond donors (Lipinski definition) is 2. The Morgan fingerprint density at radius 3 is 2.36 bits per heavy atom. The van der Waals surface area contributed by atoms with Crippen molar-refractivity contribution in [2.24, 2.45) is 0 Å². The molecule has 25 heavy (non-hydrogen) atoms. The number of fused-ring (bicyclic) bond motifs is 1. The van der Waals surface area contributed by atoms with Crippen molar-refractivity contribution in [3.8, 4) is 0 Å². The van der Waals surface area contributed by atoms with E-state index in [2.05, 4.69) is 10.0 Å². The van der Waals surface area contributed by atoms with Crippen LogP contribution in [-0.4, -0.2) is 14.3 Å². The molecule has 130 valence electrons. The molecule has 2 aromatic carbocycles. The SMILES string of the molecule is CCc1ccc(NS(=O)(=O)c2ccc3c(c2)C(=C(C)C)C(=O)N3)cc1. The molecule has 0 unspecified atom stereocenters. The molecule has 0 aromatic heterocycles. The normalized spacial score (nSPS) is 13.4. The number of amides is 1. The van der Waals surface area contributed by atoms with Crippen molar-refractivity contribution in [3.63, 3.8) is 0 Å². The van der Waals surface area contributed by atoms with Gasteiger partial charge in [0.1, 0.15) is 0 Å². The molecule has 2 N–H and O–H groups in total. The van der Waals surface area contributed by atoms with Crippen molar-refractivity contribution < 1.29 is 13.2 Å². The number of sulfonamides is 1. The van der Waals surface area contributed by atoms with Crippen molar-refractivity contribution in [2.75, 3.05) is 10.0 Å². The van der Waals surface area contributed by atoms with Crippen molar-refractivity contribution in [1.29, 1.82) is 0 Å². The van der Waals surface area contributed by atoms with Crippen LogP contribution in [0, 0.1) is 0 Å². The highest BCUT2D eigenvalue weighted by Gasteiger charge is 2.27. The van der Waals surface area contributed by atoms with E-state index in [9.17, 15) is 13.2 Å². The Hall–Kier alpha value is -2.60. The average Bonchev–Trinajstić information content (AvgIpc) is 2.90. The van der Waals surface area contributed by atoms with Gasteiger partial charge in [-0.3, -0.25) is 9.52 Å². The number of allylic oxidation sites excluding steroid dienone is 1. The topological polar surface area (TPSA) is 75.3 Å². The fraction of sp³-hybridized carbons (Fsp3) is 0.211. The predicted octanol–water partition coefficient (Wildman–Crippen LogP) is 3.80. The Morgan fingerprint density at radius 1 is 1.08 bits per heavy atom. The number of hydrogen-bond acceptors (Lipinski definition) is 3. The van der Waals surface area contributed by atoms with Gasteiger partial charge in [0.25, 0.3) is 15.9 Å². The first kappa shape index (κ1) is 17.2. The van der Waals surface area contributed by atoms with Crippen LogP contribution in [0.5, 0.6) is 0 Å². The fourth-order valence-electron chi connectivity index (χ4n) is 2.83. The smallest absolute Gasteiger partial charge is 0.261 e. The van der Waals surface area contributed by atoms with E-state index in [0.717, 1.165) is 17.6 Å². The molecule has 0 saturated carbocycles. The van der Waals surface area contributed by atoms with Gasteiger partial charge in [-0.15, -0.1) is 0 Å². The minimum atomic E-state index is -3.73. The molecule has 1 heterocycles. The maximum Gasteiger partial charge on any atom is 0.261 e. The van der Waals surface area contributed by atoms with Gasteiger partial charge in [-0.25, -0.2) is 8.42 Å². The number of carbonyl (C=O) groups excluding carboxylic acids is 1. The van der Waals surface area contributed by atoms with E-state index >= 15 is 0 Å². The summed E-state index contributed by atoms with van der Waals surface area (Å²) >= 11 is 0. The second kappa shape index (κ2) is 6.37. The predicted molar refractivity (Wildman–Crippen MR) is 100.0 cm³/mol. The molecule has 3 rings (SSSR count). The summed E-state index contributed by atoms with van der Waals surface area (Å²) in [7, 11) is -3.73. The van der Waals surface area contributed by atoms with Crippen molar-refractivity contribution in [3.05, 3.63) is 59.2 Å². The third kappa shape index (κ3) is 3.30. The summed E-state index contributed by atoms with van der Waals surface area (Å²) in [5.74, 6) is -0.201. The molecule has 0 fully saturated rings. The van der Waals surface area contributed by atoms with Gasteiger partial charge in [0.2, 0.25) is 0 Å². The Balaban J connectivity index is 1.96. The molecular formula is C19H20N2O3S. The largest absolute Gasteiger partial charge is 0.321 e. The van der Waals surface area contributed by atoms with Crippen molar-refractivity contribution >= 4 is 32.9 Å². The molecule has 0 spiro atoms. The lowest BCUT2D eigenvalue weighted by atomic mass is 10.0. The van der Waals surface area contributed by atoms with Crippen LogP contribution in [0.25, 0.3) is 5.57 Å². The fourth-order valence-corrected chi connectivity index (χ4v) is 3.92. The maximum atomic E-state index is 12.7. The molecule has 5 nitrogen and oxygen atoms in total. The first-order chi connectivity index (χ1) is 11.8. The number of anilines is 2. The highest BCUT2D eigenvalue weighted by Crippen LogP contribution is 2.35. The molecule has 2 aromatic rings. The molecule has 1 amide bonds. The quantitative estimate of drug-likeness (QED) is 0.818. The molecule has 0 aliphatic carbocycles. The Bertz CT molecular complexity index is 970. The van der Waals surface area contributed by atoms with Crippen molar-refractivity contribution in [2.45, 2.75) is 32.1 Å². The van der Waals surface area contributed by atoms with Crippen LogP contribution in [0.15, 0.2) is 52.9 Å². The van der Waals surface area contributed by atoms with E-state index < -0.39 is 10.0 Å². The van der Waals surface area contributed by atoms with E-state index in [4.69, 9.17) is 0 Å². The molecule has 1 aliphatic heterocycles. The van der Waals surface area contributed by atoms with E-state index in [1.807, 2.05) is 32.9 Å². The number of nitrogens with one attached hydrogen (secondary N) is 2. The third-order valence-corrected chi connectivity index (χ3v) is 5.54. The van der Waals surface area contributed by atoms with Gasteiger partial charge >= 0.3 is 0 Å². The molecular weight excluding hydrogens is 336 g/mol. The molecule has 0 atom stereocenters. The summed E-state index contributed by atoms with van der Waals surface area (Å²) < 4.78 is 27.9. The Morgan fingerprint density at radius 2 is 1.76 bits per heavy atom. The van der Waals surface area contributed by atoms with Crippen LogP contribution in [0.2, 0.25) is 0 Å². The van der Waals surface area contributed by atoms with E-state index in [1.165, 1.54) is 12.1 Å². The third-order valence-electron chi connectivity index (χ3n) is 4.16. The Kier molecular flexibility index (Phi) is 4.39. The van der Waals surface area contributed by atoms with Gasteiger partial charge in [0, 0.05) is 22.5 Å². The minimum absolute atomic E-state index is 0.126. The zero-order valence-corrected chi connectivity index (χ0v) is 15.2. The average molecular weight is 356 g/mol. The van der Waals surface area contributed by atoms with Crippen LogP contribution in [0.4, 0.5) is 11.4 Å². The van der Waals surface area contributed by atoms with E-state index in [-0.39, 0.29) is 10.8 Å². The van der Waals surface area contributed by atoms with Crippen molar-refractivity contribution in [1.82, 2.24) is 0 Å². The zero-order valence-electron chi connectivity index (χ0n) is 14.4. The molecule has 0 bridgehead atoms. The van der Waals surface area contributed by atoms with Crippen LogP contribution in [-0.2, 0) is 21.2 Å². The maximum absolute atomic E-state index is 12.7. The lowest BCUT2D eigenvalue weighted by Crippen LogP contribution is -2.13. The summed E-state index contributed by atoms with van der Waals surface area (Å²) in [5.41, 5.74) is 4.27. The summed E-state index contributed by atoms with van der Waals surface area (Å²) in [4.78, 5) is 12.2. The highest BCUT2D eigenvalue weighted by atomic mass is 32.2. The first-order valence-corrected chi connectivity index (χ1v) is 9.55. The highest BCUT2D eigenvalue weighted by molar-refractivity contribution is 7.92. The molecule has 1 aliphatic rings. The molecule has 0 radical (unpaired) electrons. The van der Waals surface area contributed by atoms with Crippen LogP contribution < -0.4 is 10.0 Å². The minimum Gasteiger partial charge on any atom is -0.321 e. The van der Waals surface area contributed by atoms with Crippen LogP contribution >= 0.6 is 0 Å². The molecule has 0 saturated heterocycles. The first-order valence-electron chi connectivity index (χ1n) is 8.07. The van der Waals surface area contributed by atoms with Crippen LogP contribution in [0.1, 0.15) is 31.9 Å². The number of benzene rings is 2. The summed E-state index contributed by atoms with van der Waals surface area (Å²) in [5, 5.41) is 2.76. The van der Waals surface area contributed by atoms with Gasteiger partial charge < -0.3 is 5.32 Å². The number of aryl methyl sites for hydroxylation is 1. The van der Waals surface area contributed by atoms with Gasteiger partial charge in [-0.2, -0.15) is 0 Å². The summed E-state index contributed by atoms with van der Waals surface area (Å²) in [6.07, 6.45) is 0.893. The summed E-state index contributed by atoms with van der Waals surface area (Å²) in [6, 6.07) is 11.9. The second-order valence-corrected chi connectivity index (χ2v) is 7.87. The molecule has 6 heteroatoms. The summed E-state index contributed by atoms with van der Waals surface area (Å²) in [6.45, 7) is 5.71. The lowest BCUT2D eigenvalue weighted by molar-refractivity contribution is -0.110. The van der Waals surface area contributed by atoms with E-state index in [0.29, 0.717) is 22.5 Å². The number of carbonyl (C=O) groups is 1. The standard InChI is InChI=1S/C19H20N2O3S/c1-4-13-5-7-14(8-6-13)21-25(23,24)15-9-10-17-16(11-15)18(12(2)3)19(22)20-17/h5-11,21H,4H2,1-3H3,(H,20,22). The van der Waals surface area contributed by atoms with Gasteiger partial charge in [-0.1, -0.05) is 24.6 Å². The zero-order chi connectivity index (χ0) is 18.2. The second-order valence-electron chi connectivity index (χ2n) is 6.19. The van der Waals surface area contributed by atoms with Crippen LogP contribution in [0.3, 0.4) is 0 Å². The Labute approximate surface area is 147 Å². The lowest BCUT2D eigenvalue weighted by Gasteiger charge is -2.10. The van der Waals surface area contributed by atoms with E-state index in [1.54, 1.807) is 18.2 Å². The van der Waals surface area contributed by atoms with Gasteiger partial charge in [0.15, 0.2) is 0 Å². The van der Waals surface area contributed by atoms with Gasteiger partial charge in [-0.05, 0) is 56.2 Å².